The summed E-state index contributed by atoms with van der Waals surface area (Å²) in [4.78, 5) is 10.3. The summed E-state index contributed by atoms with van der Waals surface area (Å²) in [6.45, 7) is 0. The second-order valence-electron chi connectivity index (χ2n) is 2.17. The molecule has 0 aliphatic heterocycles. The molecule has 0 fully saturated rings. The van der Waals surface area contributed by atoms with Crippen LogP contribution >= 0.6 is 0 Å². The van der Waals surface area contributed by atoms with Crippen molar-refractivity contribution < 1.29 is 42.3 Å². The summed E-state index contributed by atoms with van der Waals surface area (Å²) in [6.07, 6.45) is 0. The first-order valence-corrected chi connectivity index (χ1v) is 3.00. The zero-order valence-corrected chi connectivity index (χ0v) is 13.3. The van der Waals surface area contributed by atoms with E-state index in [0.717, 1.165) is 12.1 Å². The van der Waals surface area contributed by atoms with E-state index in [-0.39, 0.29) is 48.8 Å². The normalized spacial score (nSPS) is 8.29. The number of hydrogen-bond acceptors (Lipinski definition) is 4. The molecule has 4 N–H and O–H groups in total. The molecule has 1 rings (SSSR count). The molecular weight excluding hydrogens is 437 g/mol. The molecule has 0 aliphatic carbocycles. The summed E-state index contributed by atoms with van der Waals surface area (Å²) in [5.41, 5.74) is -0.289. The van der Waals surface area contributed by atoms with Gasteiger partial charge in [0.15, 0.2) is 17.2 Å². The minimum Gasteiger partial charge on any atom is 0 e. The molecule has 0 heterocycles. The van der Waals surface area contributed by atoms with Gasteiger partial charge in [-0.05, 0) is 12.1 Å². The van der Waals surface area contributed by atoms with E-state index in [1.165, 1.54) is 0 Å². The molecule has 0 bridgehead atoms. The minimum atomic E-state index is -1.29. The average molecular weight is 446 g/mol. The first kappa shape index (κ1) is 15.9. The predicted molar refractivity (Wildman–Crippen MR) is 48.3 cm³/mol. The van der Waals surface area contributed by atoms with Crippen LogP contribution in [-0.4, -0.2) is 52.6 Å². The van der Waals surface area contributed by atoms with Crippen LogP contribution in [0.5, 0.6) is 17.2 Å². The molecule has 0 spiro atoms. The standard InChI is InChI=1S/C7H6O5.Bi.Cu.3H/c8-4-1-3(7(11)12)2-5(9)6(4)10;;;;;/h1-2,8-10H,(H,11,12);;;;;. The van der Waals surface area contributed by atoms with Crippen molar-refractivity contribution in [1.29, 1.82) is 0 Å². The number of rotatable bonds is 1. The van der Waals surface area contributed by atoms with Gasteiger partial charge in [0.25, 0.3) is 0 Å². The van der Waals surface area contributed by atoms with E-state index >= 15 is 0 Å². The van der Waals surface area contributed by atoms with Crippen LogP contribution in [0.3, 0.4) is 0 Å². The smallest absolute Gasteiger partial charge is 0 e. The van der Waals surface area contributed by atoms with Crippen LogP contribution in [-0.2, 0) is 17.1 Å². The summed E-state index contributed by atoms with van der Waals surface area (Å²) >= 11 is 0. The summed E-state index contributed by atoms with van der Waals surface area (Å²) in [6, 6.07) is 1.69. The zero-order chi connectivity index (χ0) is 9.30. The minimum absolute atomic E-state index is 0. The molecule has 0 aromatic heterocycles. The van der Waals surface area contributed by atoms with Crippen molar-refractivity contribution in [2.75, 3.05) is 0 Å². The fourth-order valence-electron chi connectivity index (χ4n) is 0.728. The molecule has 1 radical (unpaired) electrons. The summed E-state index contributed by atoms with van der Waals surface area (Å²) in [7, 11) is 0. The molecule has 0 amide bonds. The molecule has 7 heteroatoms. The maximum Gasteiger partial charge on any atom is 0 e. The van der Waals surface area contributed by atoms with Gasteiger partial charge >= 0.3 is 32.2 Å². The second-order valence-corrected chi connectivity index (χ2v) is 2.17. The van der Waals surface area contributed by atoms with E-state index in [0.29, 0.717) is 0 Å². The Morgan fingerprint density at radius 2 is 1.43 bits per heavy atom. The van der Waals surface area contributed by atoms with Gasteiger partial charge in [-0.3, -0.25) is 0 Å². The first-order valence-electron chi connectivity index (χ1n) is 3.00. The fourth-order valence-corrected chi connectivity index (χ4v) is 0.728. The fraction of sp³-hybridized carbons (Fsp3) is 0. The molecule has 83 valence electrons. The van der Waals surface area contributed by atoms with Crippen molar-refractivity contribution in [3.05, 3.63) is 17.7 Å². The van der Waals surface area contributed by atoms with Crippen LogP contribution in [0.4, 0.5) is 0 Å². The maximum absolute atomic E-state index is 10.3. The van der Waals surface area contributed by atoms with Gasteiger partial charge < -0.3 is 20.4 Å². The number of carboxylic acids is 1. The Balaban J connectivity index is 0. The van der Waals surface area contributed by atoms with E-state index in [2.05, 4.69) is 0 Å². The van der Waals surface area contributed by atoms with Gasteiger partial charge in [0, 0.05) is 17.1 Å². The van der Waals surface area contributed by atoms with Crippen LogP contribution in [0.25, 0.3) is 0 Å². The number of phenolic OH excluding ortho intramolecular Hbond substituents is 3. The molecule has 1 aromatic rings. The average Bonchev–Trinajstić information content (AvgIpc) is 1.99. The summed E-state index contributed by atoms with van der Waals surface area (Å²) in [5, 5.41) is 35.0. The van der Waals surface area contributed by atoms with E-state index in [9.17, 15) is 4.79 Å². The third-order valence-corrected chi connectivity index (χ3v) is 1.32. The summed E-state index contributed by atoms with van der Waals surface area (Å²) in [5.74, 6) is -3.33. The van der Waals surface area contributed by atoms with Crippen molar-refractivity contribution in [1.82, 2.24) is 0 Å². The zero-order valence-electron chi connectivity index (χ0n) is 6.86. The molecule has 1 aromatic carbocycles. The first-order chi connectivity index (χ1) is 5.52. The number of aromatic hydroxyl groups is 3. The van der Waals surface area contributed by atoms with Gasteiger partial charge in [0.05, 0.1) is 5.56 Å². The molecule has 0 unspecified atom stereocenters. The summed E-state index contributed by atoms with van der Waals surface area (Å²) < 4.78 is 0. The third-order valence-electron chi connectivity index (χ3n) is 1.32. The van der Waals surface area contributed by atoms with Gasteiger partial charge in [0.2, 0.25) is 0 Å². The quantitative estimate of drug-likeness (QED) is 0.339. The van der Waals surface area contributed by atoms with E-state index in [1.54, 1.807) is 0 Å². The van der Waals surface area contributed by atoms with E-state index < -0.39 is 23.2 Å². The molecule has 0 aliphatic rings. The third kappa shape index (κ3) is 3.33. The van der Waals surface area contributed by atoms with Gasteiger partial charge in [-0.1, -0.05) is 0 Å². The van der Waals surface area contributed by atoms with Gasteiger partial charge in [-0.2, -0.15) is 0 Å². The number of carboxylic acid groups (broad SMARTS) is 1. The maximum atomic E-state index is 10.3. The van der Waals surface area contributed by atoms with E-state index in [1.807, 2.05) is 0 Å². The van der Waals surface area contributed by atoms with Gasteiger partial charge in [0.1, 0.15) is 0 Å². The predicted octanol–water partition coefficient (Wildman–Crippen LogP) is -0.685. The Hall–Kier alpha value is -0.507. The molecule has 5 nitrogen and oxygen atoms in total. The Bertz CT molecular complexity index is 318. The Morgan fingerprint density at radius 3 is 1.71 bits per heavy atom. The number of hydrogen-bond donors (Lipinski definition) is 4. The van der Waals surface area contributed by atoms with Crippen molar-refractivity contribution in [2.24, 2.45) is 0 Å². The van der Waals surface area contributed by atoms with Crippen LogP contribution in [0.1, 0.15) is 10.4 Å². The van der Waals surface area contributed by atoms with E-state index in [4.69, 9.17) is 20.4 Å². The van der Waals surface area contributed by atoms with Crippen LogP contribution in [0, 0.1) is 0 Å². The monoisotopic (exact) mass is 445 g/mol. The van der Waals surface area contributed by atoms with Crippen molar-refractivity contribution >= 4 is 32.2 Å². The van der Waals surface area contributed by atoms with Crippen LogP contribution in [0.15, 0.2) is 12.1 Å². The Morgan fingerprint density at radius 1 is 1.07 bits per heavy atom. The number of aromatic carboxylic acids is 1. The second kappa shape index (κ2) is 6.07. The molecular formula is C7H9BiCuO5. The molecule has 14 heavy (non-hydrogen) atoms. The van der Waals surface area contributed by atoms with Crippen LogP contribution in [0.2, 0.25) is 0 Å². The topological polar surface area (TPSA) is 98.0 Å². The molecule has 0 saturated carbocycles. The number of benzene rings is 1. The number of carbonyl (C=O) groups is 1. The Kier molecular flexibility index (Phi) is 6.91. The molecule has 0 atom stereocenters. The SMILES string of the molecule is O=C(O)c1cc(O)c(O)c(O)c1.[BiH3].[Cu]. The van der Waals surface area contributed by atoms with Gasteiger partial charge in [-0.15, -0.1) is 0 Å². The van der Waals surface area contributed by atoms with Crippen molar-refractivity contribution in [3.63, 3.8) is 0 Å². The largest absolute Gasteiger partial charge is 0 e. The van der Waals surface area contributed by atoms with Crippen molar-refractivity contribution in [2.45, 2.75) is 0 Å². The van der Waals surface area contributed by atoms with Crippen molar-refractivity contribution in [3.8, 4) is 17.2 Å². The van der Waals surface area contributed by atoms with Gasteiger partial charge in [-0.25, -0.2) is 4.79 Å². The number of phenols is 3. The Labute approximate surface area is 109 Å². The molecule has 0 saturated heterocycles. The van der Waals surface area contributed by atoms with Crippen LogP contribution < -0.4 is 0 Å².